The molecule has 29 heavy (non-hydrogen) atoms. The van der Waals surface area contributed by atoms with Gasteiger partial charge in [-0.1, -0.05) is 23.7 Å². The van der Waals surface area contributed by atoms with Gasteiger partial charge in [0.25, 0.3) is 0 Å². The first-order valence-corrected chi connectivity index (χ1v) is 10.4. The molecule has 2 aromatic carbocycles. The number of thioether (sulfide) groups is 1. The van der Waals surface area contributed by atoms with Gasteiger partial charge in [-0.05, 0) is 48.5 Å². The second kappa shape index (κ2) is 8.35. The minimum Gasteiger partial charge on any atom is -0.459 e. The number of anilines is 1. The van der Waals surface area contributed by atoms with E-state index in [9.17, 15) is 9.59 Å². The Bertz CT molecular complexity index is 1050. The van der Waals surface area contributed by atoms with Gasteiger partial charge in [-0.25, -0.2) is 0 Å². The molecule has 1 aliphatic rings. The van der Waals surface area contributed by atoms with Crippen LogP contribution in [0.5, 0.6) is 0 Å². The molecule has 1 atom stereocenters. The lowest BCUT2D eigenvalue weighted by molar-refractivity contribution is -0.132. The summed E-state index contributed by atoms with van der Waals surface area (Å²) in [5, 5.41) is 3.09. The number of nitrogens with zero attached hydrogens (tertiary/aromatic N) is 1. The number of nitrogens with one attached hydrogen (secondary N) is 1. The zero-order valence-electron chi connectivity index (χ0n) is 15.7. The van der Waals surface area contributed by atoms with Gasteiger partial charge in [0.05, 0.1) is 17.5 Å². The second-order valence-corrected chi connectivity index (χ2v) is 8.50. The minimum absolute atomic E-state index is 0.110. The second-order valence-electron chi connectivity index (χ2n) is 6.82. The number of para-hydroxylation sites is 1. The van der Waals surface area contributed by atoms with Crippen molar-refractivity contribution in [3.05, 3.63) is 71.4 Å². The monoisotopic (exact) mass is 426 g/mol. The number of carbonyl (C=O) groups is 2. The Morgan fingerprint density at radius 3 is 2.69 bits per heavy atom. The summed E-state index contributed by atoms with van der Waals surface area (Å²) in [6.45, 7) is 0.335. The van der Waals surface area contributed by atoms with E-state index in [0.717, 1.165) is 21.9 Å². The van der Waals surface area contributed by atoms with Gasteiger partial charge in [0, 0.05) is 29.0 Å². The summed E-state index contributed by atoms with van der Waals surface area (Å²) in [6, 6.07) is 18.7. The molecule has 148 valence electrons. The Kier molecular flexibility index (Phi) is 5.65. The summed E-state index contributed by atoms with van der Waals surface area (Å²) < 4.78 is 5.87. The van der Waals surface area contributed by atoms with Crippen LogP contribution >= 0.6 is 23.4 Å². The lowest BCUT2D eigenvalue weighted by Crippen LogP contribution is -2.35. The number of hydrogen-bond acceptors (Lipinski definition) is 4. The van der Waals surface area contributed by atoms with E-state index in [1.807, 2.05) is 48.5 Å². The molecule has 0 saturated carbocycles. The molecular formula is C22H19ClN2O3S. The van der Waals surface area contributed by atoms with Crippen LogP contribution in [0.1, 0.15) is 12.2 Å². The van der Waals surface area contributed by atoms with Crippen molar-refractivity contribution in [2.75, 3.05) is 12.4 Å². The van der Waals surface area contributed by atoms with Gasteiger partial charge in [-0.3, -0.25) is 9.59 Å². The van der Waals surface area contributed by atoms with Crippen LogP contribution in [0.15, 0.2) is 70.0 Å². The van der Waals surface area contributed by atoms with E-state index in [4.69, 9.17) is 16.0 Å². The van der Waals surface area contributed by atoms with Crippen LogP contribution in [0.2, 0.25) is 5.02 Å². The summed E-state index contributed by atoms with van der Waals surface area (Å²) in [6.07, 6.45) is 0.131. The molecule has 0 unspecified atom stereocenters. The topological polar surface area (TPSA) is 62.6 Å². The first-order valence-electron chi connectivity index (χ1n) is 9.15. The molecule has 0 spiro atoms. The fraction of sp³-hybridized carbons (Fsp3) is 0.182. The number of carbonyl (C=O) groups excluding carboxylic acids is 2. The standard InChI is InChI=1S/C22H19ClN2O3S/c1-25(13-16-10-11-18(28-16)14-6-8-15(23)9-7-14)21(26)12-20-22(27)24-17-4-2-3-5-19(17)29-20/h2-11,20H,12-13H2,1H3,(H,24,27)/t20-/m0/s1. The first kappa shape index (κ1) is 19.6. The predicted molar refractivity (Wildman–Crippen MR) is 115 cm³/mol. The van der Waals surface area contributed by atoms with Gasteiger partial charge in [0.1, 0.15) is 11.5 Å². The highest BCUT2D eigenvalue weighted by Gasteiger charge is 2.29. The van der Waals surface area contributed by atoms with Gasteiger partial charge >= 0.3 is 0 Å². The molecule has 2 amide bonds. The molecular weight excluding hydrogens is 408 g/mol. The molecule has 0 radical (unpaired) electrons. The molecule has 7 heteroatoms. The fourth-order valence-corrected chi connectivity index (χ4v) is 4.32. The lowest BCUT2D eigenvalue weighted by atomic mass is 10.2. The van der Waals surface area contributed by atoms with Crippen molar-refractivity contribution in [3.8, 4) is 11.3 Å². The normalized spacial score (nSPS) is 15.5. The zero-order chi connectivity index (χ0) is 20.4. The van der Waals surface area contributed by atoms with Gasteiger partial charge in [0.2, 0.25) is 11.8 Å². The van der Waals surface area contributed by atoms with Crippen molar-refractivity contribution in [2.24, 2.45) is 0 Å². The van der Waals surface area contributed by atoms with Crippen LogP contribution in [-0.2, 0) is 16.1 Å². The van der Waals surface area contributed by atoms with Crippen molar-refractivity contribution in [3.63, 3.8) is 0 Å². The number of benzene rings is 2. The number of rotatable bonds is 5. The van der Waals surface area contributed by atoms with E-state index in [-0.39, 0.29) is 18.2 Å². The number of amides is 2. The molecule has 1 N–H and O–H groups in total. The maximum atomic E-state index is 12.7. The summed E-state index contributed by atoms with van der Waals surface area (Å²) in [5.41, 5.74) is 1.72. The van der Waals surface area contributed by atoms with Gasteiger partial charge in [-0.2, -0.15) is 0 Å². The fourth-order valence-electron chi connectivity index (χ4n) is 3.10. The van der Waals surface area contributed by atoms with Crippen molar-refractivity contribution in [2.45, 2.75) is 23.1 Å². The van der Waals surface area contributed by atoms with Crippen LogP contribution in [0.4, 0.5) is 5.69 Å². The maximum absolute atomic E-state index is 12.7. The van der Waals surface area contributed by atoms with E-state index >= 15 is 0 Å². The average Bonchev–Trinajstić information content (AvgIpc) is 3.17. The third-order valence-corrected chi connectivity index (χ3v) is 6.20. The number of furan rings is 1. The largest absolute Gasteiger partial charge is 0.459 e. The Hall–Kier alpha value is -2.70. The number of halogens is 1. The molecule has 1 aromatic heterocycles. The summed E-state index contributed by atoms with van der Waals surface area (Å²) in [4.78, 5) is 27.6. The third-order valence-electron chi connectivity index (χ3n) is 4.68. The smallest absolute Gasteiger partial charge is 0.238 e. The molecule has 4 rings (SSSR count). The van der Waals surface area contributed by atoms with E-state index in [2.05, 4.69) is 5.32 Å². The first-order chi connectivity index (χ1) is 14.0. The molecule has 2 heterocycles. The van der Waals surface area contributed by atoms with Gasteiger partial charge in [0.15, 0.2) is 0 Å². The quantitative estimate of drug-likeness (QED) is 0.619. The van der Waals surface area contributed by atoms with Crippen LogP contribution in [-0.4, -0.2) is 29.0 Å². The SMILES string of the molecule is CN(Cc1ccc(-c2ccc(Cl)cc2)o1)C(=O)C[C@@H]1Sc2ccccc2NC1=O. The van der Waals surface area contributed by atoms with E-state index < -0.39 is 5.25 Å². The maximum Gasteiger partial charge on any atom is 0.238 e. The van der Waals surface area contributed by atoms with E-state index in [0.29, 0.717) is 17.3 Å². The minimum atomic E-state index is -0.443. The molecule has 0 fully saturated rings. The van der Waals surface area contributed by atoms with Gasteiger partial charge < -0.3 is 14.6 Å². The van der Waals surface area contributed by atoms with Crippen LogP contribution in [0.3, 0.4) is 0 Å². The average molecular weight is 427 g/mol. The van der Waals surface area contributed by atoms with Crippen molar-refractivity contribution < 1.29 is 14.0 Å². The summed E-state index contributed by atoms with van der Waals surface area (Å²) in [7, 11) is 1.71. The molecule has 0 aliphatic carbocycles. The van der Waals surface area contributed by atoms with E-state index in [1.54, 1.807) is 24.1 Å². The molecule has 0 bridgehead atoms. The molecule has 3 aromatic rings. The Morgan fingerprint density at radius 2 is 1.90 bits per heavy atom. The zero-order valence-corrected chi connectivity index (χ0v) is 17.3. The third kappa shape index (κ3) is 4.49. The number of fused-ring (bicyclic) bond motifs is 1. The predicted octanol–water partition coefficient (Wildman–Crippen LogP) is 5.06. The summed E-state index contributed by atoms with van der Waals surface area (Å²) in [5.74, 6) is 1.15. The van der Waals surface area contributed by atoms with E-state index in [1.165, 1.54) is 11.8 Å². The van der Waals surface area contributed by atoms with Crippen LogP contribution < -0.4 is 5.32 Å². The highest BCUT2D eigenvalue weighted by Crippen LogP contribution is 2.36. The summed E-state index contributed by atoms with van der Waals surface area (Å²) >= 11 is 7.35. The molecule has 0 saturated heterocycles. The van der Waals surface area contributed by atoms with Crippen LogP contribution in [0, 0.1) is 0 Å². The van der Waals surface area contributed by atoms with Crippen molar-refractivity contribution >= 4 is 40.9 Å². The lowest BCUT2D eigenvalue weighted by Gasteiger charge is -2.25. The molecule has 1 aliphatic heterocycles. The van der Waals surface area contributed by atoms with Crippen LogP contribution in [0.25, 0.3) is 11.3 Å². The number of hydrogen-bond donors (Lipinski definition) is 1. The van der Waals surface area contributed by atoms with Gasteiger partial charge in [-0.15, -0.1) is 11.8 Å². The highest BCUT2D eigenvalue weighted by atomic mass is 35.5. The Balaban J connectivity index is 1.38. The van der Waals surface area contributed by atoms with Crippen molar-refractivity contribution in [1.29, 1.82) is 0 Å². The molecule has 5 nitrogen and oxygen atoms in total. The highest BCUT2D eigenvalue weighted by molar-refractivity contribution is 8.01. The Labute approximate surface area is 178 Å². The van der Waals surface area contributed by atoms with Crippen molar-refractivity contribution in [1.82, 2.24) is 4.90 Å². The Morgan fingerprint density at radius 1 is 1.14 bits per heavy atom.